The summed E-state index contributed by atoms with van der Waals surface area (Å²) in [6.45, 7) is 0.0120. The molecular weight excluding hydrogens is 368 g/mol. The first-order valence-electron chi connectivity index (χ1n) is 7.64. The fourth-order valence-corrected chi connectivity index (χ4v) is 3.46. The summed E-state index contributed by atoms with van der Waals surface area (Å²) in [6.07, 6.45) is 0.401. The first-order valence-corrected chi connectivity index (χ1v) is 9.00. The lowest BCUT2D eigenvalue weighted by atomic mass is 10.00. The maximum atomic E-state index is 12.6. The summed E-state index contributed by atoms with van der Waals surface area (Å²) in [5.41, 5.74) is 0.209. The molecule has 3 N–H and O–H groups in total. The number of benzene rings is 1. The highest BCUT2D eigenvalue weighted by atomic mass is 32.3. The molecule has 1 aromatic rings. The highest BCUT2D eigenvalue weighted by Gasteiger charge is 2.50. The minimum Gasteiger partial charge on any atom is -0.309 e. The second kappa shape index (κ2) is 6.64. The second-order valence-corrected chi connectivity index (χ2v) is 6.89. The summed E-state index contributed by atoms with van der Waals surface area (Å²) in [6, 6.07) is 5.36. The molecule has 2 aliphatic heterocycles. The van der Waals surface area contributed by atoms with Crippen molar-refractivity contribution in [1.29, 1.82) is 0 Å². The number of amides is 4. The molecule has 2 saturated heterocycles. The smallest absolute Gasteiger partial charge is 0.309 e. The van der Waals surface area contributed by atoms with Crippen LogP contribution in [-0.2, 0) is 19.5 Å². The number of urea groups is 1. The maximum absolute atomic E-state index is 12.6. The van der Waals surface area contributed by atoms with Crippen molar-refractivity contribution in [2.24, 2.45) is 5.84 Å². The predicted molar refractivity (Wildman–Crippen MR) is 85.2 cm³/mol. The first kappa shape index (κ1) is 18.3. The highest BCUT2D eigenvalue weighted by Crippen LogP contribution is 2.31. The normalized spacial score (nSPS) is 22.5. The fourth-order valence-electron chi connectivity index (χ4n) is 3.07. The Morgan fingerprint density at radius 3 is 2.50 bits per heavy atom. The van der Waals surface area contributed by atoms with Gasteiger partial charge in [-0.05, 0) is 25.0 Å². The number of fused-ring (bicyclic) bond motifs is 2. The molecule has 3 rings (SSSR count). The van der Waals surface area contributed by atoms with E-state index in [9.17, 15) is 22.8 Å². The summed E-state index contributed by atoms with van der Waals surface area (Å²) >= 11 is 0. The van der Waals surface area contributed by atoms with Gasteiger partial charge in [0.1, 0.15) is 6.04 Å². The summed E-state index contributed by atoms with van der Waals surface area (Å²) in [5, 5.41) is 0.961. The van der Waals surface area contributed by atoms with Gasteiger partial charge in [0.25, 0.3) is 11.8 Å². The van der Waals surface area contributed by atoms with E-state index in [4.69, 9.17) is 10.4 Å². The Hall–Kier alpha value is -2.54. The van der Waals surface area contributed by atoms with E-state index < -0.39 is 40.3 Å². The number of rotatable bonds is 4. The van der Waals surface area contributed by atoms with Gasteiger partial charge in [0, 0.05) is 12.1 Å². The van der Waals surface area contributed by atoms with Crippen LogP contribution in [0.3, 0.4) is 0 Å². The maximum Gasteiger partial charge on any atom is 0.418 e. The zero-order valence-corrected chi connectivity index (χ0v) is 14.2. The van der Waals surface area contributed by atoms with E-state index in [0.717, 1.165) is 4.90 Å². The summed E-state index contributed by atoms with van der Waals surface area (Å²) in [5.74, 6) is 4.13. The van der Waals surface area contributed by atoms with E-state index in [1.165, 1.54) is 12.1 Å². The number of hydrogen-bond donors (Lipinski definition) is 2. The molecule has 140 valence electrons. The van der Waals surface area contributed by atoms with Crippen molar-refractivity contribution in [3.8, 4) is 0 Å². The Bertz CT molecular complexity index is 844. The summed E-state index contributed by atoms with van der Waals surface area (Å²) in [4.78, 5) is 38.3. The molecule has 0 unspecified atom stereocenters. The quantitative estimate of drug-likeness (QED) is 0.232. The number of carbonyl (C=O) groups excluding carboxylic acids is 3. The predicted octanol–water partition coefficient (Wildman–Crippen LogP) is -0.468. The molecule has 1 aromatic carbocycles. The van der Waals surface area contributed by atoms with E-state index >= 15 is 0 Å². The molecule has 2 aliphatic rings. The summed E-state index contributed by atoms with van der Waals surface area (Å²) < 4.78 is 34.8. The molecule has 2 atom stereocenters. The lowest BCUT2D eigenvalue weighted by Crippen LogP contribution is -2.55. The topological polar surface area (TPSA) is 151 Å². The van der Waals surface area contributed by atoms with Gasteiger partial charge < -0.3 is 4.90 Å². The molecule has 2 bridgehead atoms. The van der Waals surface area contributed by atoms with Crippen molar-refractivity contribution in [2.45, 2.75) is 24.9 Å². The molecule has 2 heterocycles. The van der Waals surface area contributed by atoms with E-state index in [-0.39, 0.29) is 24.9 Å². The van der Waals surface area contributed by atoms with E-state index in [1.807, 2.05) is 0 Å². The van der Waals surface area contributed by atoms with E-state index in [1.54, 1.807) is 18.2 Å². The highest BCUT2D eigenvalue weighted by molar-refractivity contribution is 7.80. The molecule has 0 saturated carbocycles. The Morgan fingerprint density at radius 2 is 1.88 bits per heavy atom. The second-order valence-electron chi connectivity index (χ2n) is 5.89. The van der Waals surface area contributed by atoms with E-state index in [0.29, 0.717) is 10.1 Å². The van der Waals surface area contributed by atoms with Crippen molar-refractivity contribution in [3.05, 3.63) is 35.9 Å². The number of hydrazine groups is 1. The Morgan fingerprint density at radius 1 is 1.23 bits per heavy atom. The van der Waals surface area contributed by atoms with Crippen molar-refractivity contribution >= 4 is 28.2 Å². The fraction of sp³-hybridized carbons (Fsp3) is 0.357. The van der Waals surface area contributed by atoms with Crippen molar-refractivity contribution in [2.75, 3.05) is 6.54 Å². The van der Waals surface area contributed by atoms with Crippen molar-refractivity contribution in [3.63, 3.8) is 0 Å². The lowest BCUT2D eigenvalue weighted by Gasteiger charge is -2.31. The van der Waals surface area contributed by atoms with Crippen LogP contribution in [0.5, 0.6) is 0 Å². The van der Waals surface area contributed by atoms with Crippen LogP contribution in [0.1, 0.15) is 23.2 Å². The largest absolute Gasteiger partial charge is 0.418 e. The van der Waals surface area contributed by atoms with Crippen LogP contribution in [0.25, 0.3) is 0 Å². The van der Waals surface area contributed by atoms with Gasteiger partial charge in [0.05, 0.1) is 6.04 Å². The van der Waals surface area contributed by atoms with Crippen LogP contribution in [0, 0.1) is 0 Å². The molecule has 0 spiro atoms. The SMILES string of the molecule is NN(C(=O)c1ccccc1)C(=O)[C@H]1CC[C@H]2CN1C(=O)N2OS(=O)(=O)O. The number of carbonyl (C=O) groups is 3. The number of hydrogen-bond acceptors (Lipinski definition) is 7. The molecule has 0 radical (unpaired) electrons. The number of imide groups is 1. The van der Waals surface area contributed by atoms with E-state index in [2.05, 4.69) is 4.28 Å². The first-order chi connectivity index (χ1) is 12.2. The minimum atomic E-state index is -4.88. The number of nitrogens with zero attached hydrogens (tertiary/aromatic N) is 3. The van der Waals surface area contributed by atoms with Gasteiger partial charge in [0.2, 0.25) is 0 Å². The monoisotopic (exact) mass is 384 g/mol. The molecule has 26 heavy (non-hydrogen) atoms. The zero-order valence-electron chi connectivity index (χ0n) is 13.4. The molecule has 2 fully saturated rings. The average molecular weight is 384 g/mol. The third-order valence-electron chi connectivity index (χ3n) is 4.26. The van der Waals surface area contributed by atoms with Gasteiger partial charge in [-0.1, -0.05) is 18.2 Å². The molecule has 11 nitrogen and oxygen atoms in total. The number of hydroxylamine groups is 2. The number of piperidine rings is 1. The van der Waals surface area contributed by atoms with Crippen molar-refractivity contribution < 1.29 is 31.6 Å². The molecule has 12 heteroatoms. The third-order valence-corrected chi connectivity index (χ3v) is 4.61. The number of nitrogens with two attached hydrogens (primary N) is 1. The molecule has 0 aliphatic carbocycles. The molecule has 4 amide bonds. The van der Waals surface area contributed by atoms with Crippen LogP contribution in [-0.4, -0.2) is 64.4 Å². The van der Waals surface area contributed by atoms with Gasteiger partial charge in [-0.25, -0.2) is 15.6 Å². The van der Waals surface area contributed by atoms with Gasteiger partial charge in [-0.3, -0.25) is 14.1 Å². The standard InChI is InChI=1S/C14H16N4O7S/c15-17(12(19)9-4-2-1-3-5-9)13(20)11-7-6-10-8-16(11)14(21)18(10)25-26(22,23)24/h1-5,10-11H,6-8,15H2,(H,22,23,24)/t10-,11+/m0/s1. The van der Waals surface area contributed by atoms with Gasteiger partial charge in [-0.15, -0.1) is 4.28 Å². The minimum absolute atomic E-state index is 0.0120. The molecular formula is C14H16N4O7S. The van der Waals surface area contributed by atoms with Crippen LogP contribution >= 0.6 is 0 Å². The third kappa shape index (κ3) is 3.39. The average Bonchev–Trinajstić information content (AvgIpc) is 2.84. The van der Waals surface area contributed by atoms with Crippen molar-refractivity contribution in [1.82, 2.24) is 15.0 Å². The Balaban J connectivity index is 1.75. The van der Waals surface area contributed by atoms with Crippen LogP contribution in [0.2, 0.25) is 0 Å². The lowest BCUT2D eigenvalue weighted by molar-refractivity contribution is -0.134. The van der Waals surface area contributed by atoms with Gasteiger partial charge in [0.15, 0.2) is 0 Å². The zero-order chi connectivity index (χ0) is 19.1. The summed E-state index contributed by atoms with van der Waals surface area (Å²) in [7, 11) is -4.88. The van der Waals surface area contributed by atoms with Crippen LogP contribution in [0.4, 0.5) is 4.79 Å². The van der Waals surface area contributed by atoms with Crippen LogP contribution < -0.4 is 5.84 Å². The Labute approximate surface area is 148 Å². The van der Waals surface area contributed by atoms with Gasteiger partial charge >= 0.3 is 16.4 Å². The van der Waals surface area contributed by atoms with Gasteiger partial charge in [-0.2, -0.15) is 13.5 Å². The van der Waals surface area contributed by atoms with Crippen LogP contribution in [0.15, 0.2) is 30.3 Å². The Kier molecular flexibility index (Phi) is 4.66. The molecule has 0 aromatic heterocycles.